The maximum absolute atomic E-state index is 15.9. The minimum Gasteiger partial charge on any atom is -0.507 e. The Morgan fingerprint density at radius 3 is 2.45 bits per heavy atom. The third kappa shape index (κ3) is 4.97. The molecule has 4 aromatic rings. The van der Waals surface area contributed by atoms with Crippen LogP contribution in [-0.4, -0.2) is 47.6 Å². The van der Waals surface area contributed by atoms with Gasteiger partial charge in [0.05, 0.1) is 22.5 Å². The monoisotopic (exact) mass is 607 g/mol. The molecule has 0 saturated carbocycles. The molecule has 9 nitrogen and oxygen atoms in total. The molecule has 44 heavy (non-hydrogen) atoms. The number of benzene rings is 1. The molecule has 1 fully saturated rings. The van der Waals surface area contributed by atoms with Crippen LogP contribution < -0.4 is 11.1 Å². The van der Waals surface area contributed by atoms with Gasteiger partial charge < -0.3 is 10.0 Å². The van der Waals surface area contributed by atoms with Crippen molar-refractivity contribution in [1.29, 1.82) is 0 Å². The number of carbonyl (C=O) groups is 1. The van der Waals surface area contributed by atoms with Gasteiger partial charge >= 0.3 is 11.1 Å². The van der Waals surface area contributed by atoms with Gasteiger partial charge in [0.15, 0.2) is 17.3 Å². The summed E-state index contributed by atoms with van der Waals surface area (Å²) in [5, 5.41) is 10.5. The van der Waals surface area contributed by atoms with E-state index in [1.807, 2.05) is 13.8 Å². The number of aryl methyl sites for hydroxylation is 1. The molecular weight excluding hydrogens is 575 g/mol. The molecular formula is C32H32F3N5O4. The summed E-state index contributed by atoms with van der Waals surface area (Å²) in [6, 6.07) is 4.87. The fourth-order valence-corrected chi connectivity index (χ4v) is 6.08. The molecule has 0 spiro atoms. The number of aromatic nitrogens is 4. The van der Waals surface area contributed by atoms with Crippen molar-refractivity contribution in [1.82, 2.24) is 24.0 Å². The molecule has 0 aliphatic carbocycles. The molecule has 230 valence electrons. The second-order valence-corrected chi connectivity index (χ2v) is 11.6. The number of aromatic hydroxyl groups is 1. The van der Waals surface area contributed by atoms with Crippen LogP contribution >= 0.6 is 0 Å². The highest BCUT2D eigenvalue weighted by Gasteiger charge is 2.38. The second-order valence-electron chi connectivity index (χ2n) is 11.6. The first kappa shape index (κ1) is 30.7. The van der Waals surface area contributed by atoms with E-state index < -0.39 is 69.5 Å². The van der Waals surface area contributed by atoms with Crippen molar-refractivity contribution in [3.63, 3.8) is 0 Å². The minimum absolute atomic E-state index is 0.0426. The van der Waals surface area contributed by atoms with Crippen LogP contribution in [0.5, 0.6) is 5.75 Å². The highest BCUT2D eigenvalue weighted by Crippen LogP contribution is 2.37. The topological polar surface area (TPSA) is 110 Å². The van der Waals surface area contributed by atoms with E-state index in [1.54, 1.807) is 33.0 Å². The Labute approximate surface area is 250 Å². The van der Waals surface area contributed by atoms with Crippen LogP contribution in [0.4, 0.5) is 13.2 Å². The van der Waals surface area contributed by atoms with Gasteiger partial charge in [0.1, 0.15) is 17.3 Å². The van der Waals surface area contributed by atoms with Crippen molar-refractivity contribution in [2.75, 3.05) is 6.54 Å². The van der Waals surface area contributed by atoms with E-state index in [-0.39, 0.29) is 35.7 Å². The van der Waals surface area contributed by atoms with Crippen LogP contribution in [0.15, 0.2) is 58.5 Å². The number of hydrogen-bond acceptors (Lipinski definition) is 6. The Morgan fingerprint density at radius 2 is 1.82 bits per heavy atom. The summed E-state index contributed by atoms with van der Waals surface area (Å²) < 4.78 is 46.9. The summed E-state index contributed by atoms with van der Waals surface area (Å²) in [4.78, 5) is 50.8. The molecule has 0 bridgehead atoms. The van der Waals surface area contributed by atoms with Crippen molar-refractivity contribution in [3.05, 3.63) is 92.5 Å². The fourth-order valence-electron chi connectivity index (χ4n) is 6.08. The number of pyridine rings is 2. The van der Waals surface area contributed by atoms with E-state index in [0.29, 0.717) is 11.3 Å². The van der Waals surface area contributed by atoms with Crippen LogP contribution in [0, 0.1) is 24.5 Å². The molecule has 1 amide bonds. The van der Waals surface area contributed by atoms with Crippen LogP contribution in [0.2, 0.25) is 0 Å². The molecule has 1 aliphatic heterocycles. The second kappa shape index (κ2) is 11.4. The number of piperidine rings is 1. The maximum Gasteiger partial charge on any atom is 0.322 e. The van der Waals surface area contributed by atoms with Crippen LogP contribution in [0.3, 0.4) is 0 Å². The first-order chi connectivity index (χ1) is 20.7. The van der Waals surface area contributed by atoms with E-state index in [9.17, 15) is 28.3 Å². The third-order valence-corrected chi connectivity index (χ3v) is 8.25. The normalized spacial score (nSPS) is 18.7. The summed E-state index contributed by atoms with van der Waals surface area (Å²) in [7, 11) is 0. The van der Waals surface area contributed by atoms with Crippen molar-refractivity contribution in [2.24, 2.45) is 5.92 Å². The highest BCUT2D eigenvalue weighted by atomic mass is 19.1. The van der Waals surface area contributed by atoms with Gasteiger partial charge in [-0.05, 0) is 55.9 Å². The van der Waals surface area contributed by atoms with Gasteiger partial charge in [-0.1, -0.05) is 33.4 Å². The van der Waals surface area contributed by atoms with Gasteiger partial charge in [0, 0.05) is 30.9 Å². The van der Waals surface area contributed by atoms with Crippen LogP contribution in [0.1, 0.15) is 57.3 Å². The zero-order valence-electron chi connectivity index (χ0n) is 24.9. The first-order valence-electron chi connectivity index (χ1n) is 14.2. The Hall–Kier alpha value is -4.74. The lowest BCUT2D eigenvalue weighted by Crippen LogP contribution is -2.52. The predicted octanol–water partition coefficient (Wildman–Crippen LogP) is 5.31. The van der Waals surface area contributed by atoms with Gasteiger partial charge in [0.2, 0.25) is 0 Å². The van der Waals surface area contributed by atoms with Crippen molar-refractivity contribution < 1.29 is 23.1 Å². The van der Waals surface area contributed by atoms with E-state index in [0.717, 1.165) is 16.7 Å². The quantitative estimate of drug-likeness (QED) is 0.243. The van der Waals surface area contributed by atoms with Gasteiger partial charge in [0.25, 0.3) is 5.91 Å². The van der Waals surface area contributed by atoms with Gasteiger partial charge in [-0.3, -0.25) is 28.5 Å². The Kier molecular flexibility index (Phi) is 7.96. The molecule has 1 aliphatic rings. The van der Waals surface area contributed by atoms with E-state index in [1.165, 1.54) is 21.6 Å². The number of rotatable bonds is 5. The number of carbonyl (C=O) groups excluding carboxylic acids is 1. The molecule has 12 heteroatoms. The van der Waals surface area contributed by atoms with E-state index in [4.69, 9.17) is 0 Å². The molecule has 1 unspecified atom stereocenters. The molecule has 1 N–H and O–H groups in total. The van der Waals surface area contributed by atoms with E-state index >= 15 is 4.39 Å². The van der Waals surface area contributed by atoms with Gasteiger partial charge in [-0.15, -0.1) is 0 Å². The standard InChI is InChI=1S/C32H32F3N5O4/c1-15(2)26-28(16(3)10-11-36-26)40-29-23(13-21(35)27(37-29)25-20(34)8-7-9-24(25)41)39(31(43)32(40)44)22-12-18(5)38(14-17(22)4)30(42)19(6)33/h7-11,13,15,17-18,22,41H,6,12,14H2,1-5H3/t17-,18-,22?/m1/s1. The number of hydrogen-bond donors (Lipinski definition) is 1. The third-order valence-electron chi connectivity index (χ3n) is 8.25. The summed E-state index contributed by atoms with van der Waals surface area (Å²) in [5.74, 6) is -5.19. The molecule has 0 radical (unpaired) electrons. The lowest BCUT2D eigenvalue weighted by Gasteiger charge is -2.42. The predicted molar refractivity (Wildman–Crippen MR) is 159 cm³/mol. The van der Waals surface area contributed by atoms with Gasteiger partial charge in [-0.2, -0.15) is 0 Å². The number of amides is 1. The maximum atomic E-state index is 15.9. The zero-order chi connectivity index (χ0) is 32.2. The summed E-state index contributed by atoms with van der Waals surface area (Å²) in [5.41, 5.74) is -1.86. The first-order valence-corrected chi connectivity index (χ1v) is 14.2. The summed E-state index contributed by atoms with van der Waals surface area (Å²) >= 11 is 0. The SMILES string of the molecule is C=C(F)C(=O)N1C[C@@H](C)C(n2c(=O)c(=O)n(-c3c(C)ccnc3C(C)C)c3nc(-c4c(O)cccc4F)c(F)cc32)C[C@H]1C. The lowest BCUT2D eigenvalue weighted by molar-refractivity contribution is -0.133. The van der Waals surface area contributed by atoms with E-state index in [2.05, 4.69) is 16.5 Å². The molecule has 1 saturated heterocycles. The number of phenolic OH excluding ortho intramolecular Hbond substituents is 1. The Morgan fingerprint density at radius 1 is 1.11 bits per heavy atom. The smallest absolute Gasteiger partial charge is 0.322 e. The number of nitrogens with zero attached hydrogens (tertiary/aromatic N) is 5. The van der Waals surface area contributed by atoms with Gasteiger partial charge in [-0.25, -0.2) is 18.2 Å². The average molecular weight is 608 g/mol. The molecule has 5 rings (SSSR count). The fraction of sp³-hybridized carbons (Fsp3) is 0.344. The summed E-state index contributed by atoms with van der Waals surface area (Å²) in [6.07, 6.45) is 1.71. The van der Waals surface area contributed by atoms with Crippen LogP contribution in [0.25, 0.3) is 28.1 Å². The van der Waals surface area contributed by atoms with Crippen molar-refractivity contribution in [2.45, 2.75) is 59.0 Å². The molecule has 4 heterocycles. The average Bonchev–Trinajstić information content (AvgIpc) is 2.95. The zero-order valence-corrected chi connectivity index (χ0v) is 24.9. The number of halogens is 3. The Bertz CT molecular complexity index is 1930. The molecule has 3 aromatic heterocycles. The minimum atomic E-state index is -1.12. The number of phenols is 1. The van der Waals surface area contributed by atoms with Crippen molar-refractivity contribution >= 4 is 17.1 Å². The van der Waals surface area contributed by atoms with Crippen molar-refractivity contribution in [3.8, 4) is 22.7 Å². The largest absolute Gasteiger partial charge is 0.507 e. The lowest BCUT2D eigenvalue weighted by atomic mass is 9.88. The molecule has 1 aromatic carbocycles. The van der Waals surface area contributed by atoms with Crippen LogP contribution in [-0.2, 0) is 4.79 Å². The molecule has 3 atom stereocenters. The highest BCUT2D eigenvalue weighted by molar-refractivity contribution is 5.91. The number of likely N-dealkylation sites (tertiary alicyclic amines) is 1. The Balaban J connectivity index is 1.88. The summed E-state index contributed by atoms with van der Waals surface area (Å²) in [6.45, 7) is 12.0. The number of fused-ring (bicyclic) bond motifs is 1.